The summed E-state index contributed by atoms with van der Waals surface area (Å²) in [4.78, 5) is 11.5. The fraction of sp³-hybridized carbons (Fsp3) is 0.300. The van der Waals surface area contributed by atoms with Gasteiger partial charge in [0, 0.05) is 13.0 Å². The maximum Gasteiger partial charge on any atom is 0.340 e. The first kappa shape index (κ1) is 11.3. The number of para-hydroxylation sites is 1. The maximum absolute atomic E-state index is 11.5. The molecule has 15 heavy (non-hydrogen) atoms. The molecule has 1 aromatic carbocycles. The molecule has 1 rings (SSSR count). The van der Waals surface area contributed by atoms with Gasteiger partial charge >= 0.3 is 5.97 Å². The highest BCUT2D eigenvalue weighted by atomic mass is 16.5. The Labute approximate surface area is 87.6 Å². The van der Waals surface area contributed by atoms with Crippen LogP contribution in [0.1, 0.15) is 16.8 Å². The molecular weight excluding hydrogens is 196 g/mol. The molecule has 0 atom stereocenters. The lowest BCUT2D eigenvalue weighted by Crippen LogP contribution is -2.11. The number of rotatable bonds is 4. The van der Waals surface area contributed by atoms with E-state index in [0.717, 1.165) is 0 Å². The lowest BCUT2D eigenvalue weighted by molar-refractivity contribution is 0.0483. The molecule has 0 aromatic heterocycles. The molecule has 0 unspecified atom stereocenters. The predicted molar refractivity (Wildman–Crippen MR) is 57.3 cm³/mol. The molecule has 5 N–H and O–H groups in total. The average molecular weight is 210 g/mol. The van der Waals surface area contributed by atoms with Gasteiger partial charge in [0.15, 0.2) is 0 Å². The Morgan fingerprint density at radius 1 is 1.40 bits per heavy atom. The number of aliphatic hydroxyl groups excluding tert-OH is 1. The van der Waals surface area contributed by atoms with Crippen molar-refractivity contribution in [1.82, 2.24) is 0 Å². The van der Waals surface area contributed by atoms with E-state index >= 15 is 0 Å². The van der Waals surface area contributed by atoms with Crippen LogP contribution in [0.3, 0.4) is 0 Å². The molecule has 5 nitrogen and oxygen atoms in total. The van der Waals surface area contributed by atoms with E-state index in [-0.39, 0.29) is 24.5 Å². The highest BCUT2D eigenvalue weighted by molar-refractivity contribution is 5.97. The number of nitrogen functional groups attached to an aromatic ring is 2. The second kappa shape index (κ2) is 5.21. The zero-order valence-corrected chi connectivity index (χ0v) is 8.27. The zero-order valence-electron chi connectivity index (χ0n) is 8.27. The Morgan fingerprint density at radius 2 is 2.13 bits per heavy atom. The number of hydrogen-bond acceptors (Lipinski definition) is 5. The highest BCUT2D eigenvalue weighted by Crippen LogP contribution is 2.20. The van der Waals surface area contributed by atoms with Crippen molar-refractivity contribution in [2.75, 3.05) is 24.7 Å². The second-order valence-corrected chi connectivity index (χ2v) is 3.02. The van der Waals surface area contributed by atoms with E-state index in [1.807, 2.05) is 0 Å². The number of carbonyl (C=O) groups excluding carboxylic acids is 1. The molecule has 5 heteroatoms. The topological polar surface area (TPSA) is 98.6 Å². The highest BCUT2D eigenvalue weighted by Gasteiger charge is 2.12. The number of esters is 1. The van der Waals surface area contributed by atoms with Gasteiger partial charge in [0.2, 0.25) is 0 Å². The largest absolute Gasteiger partial charge is 0.462 e. The smallest absolute Gasteiger partial charge is 0.340 e. The number of carbonyl (C=O) groups is 1. The van der Waals surface area contributed by atoms with Crippen molar-refractivity contribution in [2.45, 2.75) is 6.42 Å². The Morgan fingerprint density at radius 3 is 2.80 bits per heavy atom. The van der Waals surface area contributed by atoms with Gasteiger partial charge in [0.25, 0.3) is 0 Å². The number of nitrogens with two attached hydrogens (primary N) is 2. The third-order valence-electron chi connectivity index (χ3n) is 1.90. The van der Waals surface area contributed by atoms with Crippen molar-refractivity contribution < 1.29 is 14.6 Å². The van der Waals surface area contributed by atoms with Crippen LogP contribution < -0.4 is 11.5 Å². The molecule has 0 aliphatic rings. The quantitative estimate of drug-likeness (QED) is 0.379. The van der Waals surface area contributed by atoms with Gasteiger partial charge in [-0.05, 0) is 12.1 Å². The molecule has 0 spiro atoms. The molecule has 0 saturated heterocycles. The van der Waals surface area contributed by atoms with E-state index in [1.165, 1.54) is 0 Å². The lowest BCUT2D eigenvalue weighted by atomic mass is 10.1. The van der Waals surface area contributed by atoms with Crippen LogP contribution in [0.2, 0.25) is 0 Å². The first-order chi connectivity index (χ1) is 7.16. The minimum atomic E-state index is -0.520. The Bertz CT molecular complexity index is 353. The number of benzene rings is 1. The Hall–Kier alpha value is -1.75. The van der Waals surface area contributed by atoms with Gasteiger partial charge in [0.05, 0.1) is 23.5 Å². The van der Waals surface area contributed by atoms with Crippen LogP contribution in [0.25, 0.3) is 0 Å². The number of ether oxygens (including phenoxy) is 1. The van der Waals surface area contributed by atoms with Crippen LogP contribution in [0.15, 0.2) is 18.2 Å². The van der Waals surface area contributed by atoms with Crippen molar-refractivity contribution in [1.29, 1.82) is 0 Å². The van der Waals surface area contributed by atoms with Crippen molar-refractivity contribution in [3.63, 3.8) is 0 Å². The van der Waals surface area contributed by atoms with E-state index < -0.39 is 5.97 Å². The third kappa shape index (κ3) is 2.85. The van der Waals surface area contributed by atoms with Crippen molar-refractivity contribution >= 4 is 17.3 Å². The standard InChI is InChI=1S/C10H14N2O3/c11-8-4-1-3-7(9(8)12)10(14)15-6-2-5-13/h1,3-4,13H,2,5-6,11-12H2. The van der Waals surface area contributed by atoms with E-state index in [9.17, 15) is 4.79 Å². The summed E-state index contributed by atoms with van der Waals surface area (Å²) in [5.74, 6) is -0.520. The van der Waals surface area contributed by atoms with Gasteiger partial charge in [-0.2, -0.15) is 0 Å². The summed E-state index contributed by atoms with van der Waals surface area (Å²) < 4.78 is 4.87. The summed E-state index contributed by atoms with van der Waals surface area (Å²) in [6, 6.07) is 4.79. The van der Waals surface area contributed by atoms with Crippen LogP contribution in [0, 0.1) is 0 Å². The SMILES string of the molecule is Nc1cccc(C(=O)OCCCO)c1N. The van der Waals surface area contributed by atoms with Crippen molar-refractivity contribution in [2.24, 2.45) is 0 Å². The van der Waals surface area contributed by atoms with E-state index in [0.29, 0.717) is 12.1 Å². The summed E-state index contributed by atoms with van der Waals surface area (Å²) in [6.45, 7) is 0.156. The van der Waals surface area contributed by atoms with Crippen LogP contribution in [0.5, 0.6) is 0 Å². The summed E-state index contributed by atoms with van der Waals surface area (Å²) >= 11 is 0. The zero-order chi connectivity index (χ0) is 11.3. The monoisotopic (exact) mass is 210 g/mol. The van der Waals surface area contributed by atoms with Gasteiger partial charge in [-0.15, -0.1) is 0 Å². The molecule has 1 aromatic rings. The van der Waals surface area contributed by atoms with E-state index in [1.54, 1.807) is 18.2 Å². The van der Waals surface area contributed by atoms with Crippen LogP contribution in [-0.4, -0.2) is 24.3 Å². The third-order valence-corrected chi connectivity index (χ3v) is 1.90. The number of aliphatic hydroxyl groups is 1. The van der Waals surface area contributed by atoms with Crippen LogP contribution in [0.4, 0.5) is 11.4 Å². The molecule has 82 valence electrons. The number of hydrogen-bond donors (Lipinski definition) is 3. The summed E-state index contributed by atoms with van der Waals surface area (Å²) in [5, 5.41) is 8.51. The average Bonchev–Trinajstić information content (AvgIpc) is 2.22. The predicted octanol–water partition coefficient (Wildman–Crippen LogP) is 0.390. The second-order valence-electron chi connectivity index (χ2n) is 3.02. The minimum absolute atomic E-state index is 0.0142. The van der Waals surface area contributed by atoms with Crippen molar-refractivity contribution in [3.8, 4) is 0 Å². The van der Waals surface area contributed by atoms with E-state index in [2.05, 4.69) is 0 Å². The normalized spacial score (nSPS) is 9.93. The first-order valence-electron chi connectivity index (χ1n) is 4.58. The molecule has 0 bridgehead atoms. The first-order valence-corrected chi connectivity index (χ1v) is 4.58. The Kier molecular flexibility index (Phi) is 3.93. The molecule has 0 heterocycles. The van der Waals surface area contributed by atoms with Crippen molar-refractivity contribution in [3.05, 3.63) is 23.8 Å². The molecule has 0 radical (unpaired) electrons. The van der Waals surface area contributed by atoms with Crippen LogP contribution in [-0.2, 0) is 4.74 Å². The lowest BCUT2D eigenvalue weighted by Gasteiger charge is -2.07. The van der Waals surface area contributed by atoms with Gasteiger partial charge in [0.1, 0.15) is 0 Å². The number of anilines is 2. The molecule has 0 aliphatic carbocycles. The fourth-order valence-corrected chi connectivity index (χ4v) is 1.07. The molecular formula is C10H14N2O3. The van der Waals surface area contributed by atoms with Gasteiger partial charge < -0.3 is 21.3 Å². The molecule has 0 aliphatic heterocycles. The van der Waals surface area contributed by atoms with Gasteiger partial charge in [-0.3, -0.25) is 0 Å². The van der Waals surface area contributed by atoms with Crippen LogP contribution >= 0.6 is 0 Å². The van der Waals surface area contributed by atoms with Gasteiger partial charge in [-0.25, -0.2) is 4.79 Å². The molecule has 0 amide bonds. The Balaban J connectivity index is 2.69. The fourth-order valence-electron chi connectivity index (χ4n) is 1.07. The minimum Gasteiger partial charge on any atom is -0.462 e. The van der Waals surface area contributed by atoms with Gasteiger partial charge in [-0.1, -0.05) is 6.07 Å². The summed E-state index contributed by atoms with van der Waals surface area (Å²) in [6.07, 6.45) is 0.411. The molecule has 0 saturated carbocycles. The molecule has 0 fully saturated rings. The maximum atomic E-state index is 11.5. The summed E-state index contributed by atoms with van der Waals surface area (Å²) in [5.41, 5.74) is 12.0. The van der Waals surface area contributed by atoms with E-state index in [4.69, 9.17) is 21.3 Å². The summed E-state index contributed by atoms with van der Waals surface area (Å²) in [7, 11) is 0.